The minimum absolute atomic E-state index is 0.00732. The number of benzene rings is 3. The van der Waals surface area contributed by atoms with Crippen LogP contribution in [0.15, 0.2) is 66.7 Å². The van der Waals surface area contributed by atoms with Gasteiger partial charge in [0.2, 0.25) is 17.7 Å². The number of rotatable bonds is 15. The van der Waals surface area contributed by atoms with Crippen LogP contribution in [0.5, 0.6) is 0 Å². The van der Waals surface area contributed by atoms with Gasteiger partial charge in [-0.2, -0.15) is 5.26 Å². The van der Waals surface area contributed by atoms with Gasteiger partial charge in [-0.05, 0) is 74.0 Å². The summed E-state index contributed by atoms with van der Waals surface area (Å²) in [5, 5.41) is 18.6. The highest BCUT2D eigenvalue weighted by molar-refractivity contribution is 6.35. The summed E-state index contributed by atoms with van der Waals surface area (Å²) in [5.41, 5.74) is 8.50. The van der Waals surface area contributed by atoms with Crippen molar-refractivity contribution in [3.8, 4) is 6.07 Å². The van der Waals surface area contributed by atoms with Gasteiger partial charge in [-0.25, -0.2) is 4.39 Å². The molecule has 0 aliphatic rings. The molecule has 3 aromatic rings. The lowest BCUT2D eigenvalue weighted by Gasteiger charge is -2.25. The number of hydrogen-bond donors (Lipinski definition) is 4. The summed E-state index contributed by atoms with van der Waals surface area (Å²) in [6.07, 6.45) is 0.266. The molecule has 0 heterocycles. The Bertz CT molecular complexity index is 1510. The quantitative estimate of drug-likeness (QED) is 0.198. The Labute approximate surface area is 272 Å². The van der Waals surface area contributed by atoms with Crippen molar-refractivity contribution in [1.29, 1.82) is 5.26 Å². The Morgan fingerprint density at radius 1 is 0.933 bits per heavy atom. The average Bonchev–Trinajstić information content (AvgIpc) is 2.99. The summed E-state index contributed by atoms with van der Waals surface area (Å²) < 4.78 is 13.6. The molecule has 3 aromatic carbocycles. The van der Waals surface area contributed by atoms with Crippen LogP contribution in [0.25, 0.3) is 0 Å². The maximum absolute atomic E-state index is 13.8. The molecule has 238 valence electrons. The number of carbonyl (C=O) groups is 3. The number of amides is 3. The van der Waals surface area contributed by atoms with Crippen LogP contribution in [-0.4, -0.2) is 67.9 Å². The van der Waals surface area contributed by atoms with Crippen molar-refractivity contribution < 1.29 is 18.8 Å². The Hall–Kier alpha value is -4.01. The third kappa shape index (κ3) is 11.8. The molecule has 0 saturated heterocycles. The number of likely N-dealkylation sites (N-methyl/N-ethyl adjacent to an activating group) is 1. The van der Waals surface area contributed by atoms with E-state index in [1.54, 1.807) is 48.5 Å². The van der Waals surface area contributed by atoms with Crippen molar-refractivity contribution in [3.63, 3.8) is 0 Å². The summed E-state index contributed by atoms with van der Waals surface area (Å²) in [4.78, 5) is 41.8. The Balaban J connectivity index is 1.82. The molecule has 45 heavy (non-hydrogen) atoms. The van der Waals surface area contributed by atoms with E-state index >= 15 is 0 Å². The van der Waals surface area contributed by atoms with E-state index in [9.17, 15) is 24.0 Å². The molecular formula is C33H37Cl2FN6O3. The molecule has 0 spiro atoms. The van der Waals surface area contributed by atoms with Gasteiger partial charge in [-0.1, -0.05) is 59.6 Å². The highest BCUT2D eigenvalue weighted by atomic mass is 35.5. The molecule has 3 rings (SSSR count). The molecule has 12 heteroatoms. The predicted molar refractivity (Wildman–Crippen MR) is 173 cm³/mol. The fraction of sp³-hybridized carbons (Fsp3) is 0.333. The molecule has 3 atom stereocenters. The third-order valence-electron chi connectivity index (χ3n) is 7.04. The third-order valence-corrected chi connectivity index (χ3v) is 7.63. The molecule has 0 aromatic heterocycles. The zero-order chi connectivity index (χ0) is 32.9. The molecule has 5 N–H and O–H groups in total. The number of nitrogens with one attached hydrogen (secondary N) is 3. The van der Waals surface area contributed by atoms with Gasteiger partial charge in [0, 0.05) is 42.0 Å². The van der Waals surface area contributed by atoms with E-state index in [0.29, 0.717) is 45.4 Å². The van der Waals surface area contributed by atoms with Crippen molar-refractivity contribution in [2.24, 2.45) is 5.73 Å². The normalized spacial score (nSPS) is 12.9. The molecule has 0 radical (unpaired) electrons. The number of hydrogen-bond acceptors (Lipinski definition) is 6. The van der Waals surface area contributed by atoms with Crippen LogP contribution in [0.4, 0.5) is 4.39 Å². The SMILES string of the molecule is CN(C)CCNC(=O)C[C@H](Cc1ccc(F)cc1)NC(=O)[C@@H](Cc1ccc(Cl)cc1Cl)NC(=O)[C@H](N)Cc1ccccc1C#N. The highest BCUT2D eigenvalue weighted by Crippen LogP contribution is 2.22. The molecule has 3 amide bonds. The zero-order valence-corrected chi connectivity index (χ0v) is 26.7. The Morgan fingerprint density at radius 3 is 2.31 bits per heavy atom. The van der Waals surface area contributed by atoms with Gasteiger partial charge in [0.25, 0.3) is 0 Å². The second kappa shape index (κ2) is 17.5. The standard InChI is InChI=1S/C33H37Cl2FN6O3/c1-42(2)14-13-39-31(43)19-27(15-21-7-11-26(36)12-8-21)40-33(45)30(17-23-9-10-25(34)18-28(23)35)41-32(44)29(38)16-22-5-3-4-6-24(22)20-37/h3-12,18,27,29-30H,13-17,19,38H2,1-2H3,(H,39,43)(H,40,45)(H,41,44)/t27-,29+,30+/m0/s1. The first-order valence-electron chi connectivity index (χ1n) is 14.4. The van der Waals surface area contributed by atoms with Gasteiger partial charge >= 0.3 is 0 Å². The van der Waals surface area contributed by atoms with Gasteiger partial charge in [0.15, 0.2) is 0 Å². The fourth-order valence-electron chi connectivity index (χ4n) is 4.63. The van der Waals surface area contributed by atoms with Crippen molar-refractivity contribution in [2.75, 3.05) is 27.2 Å². The lowest BCUT2D eigenvalue weighted by Crippen LogP contribution is -2.55. The van der Waals surface area contributed by atoms with Crippen molar-refractivity contribution in [2.45, 2.75) is 43.8 Å². The Kier molecular flexibility index (Phi) is 13.8. The molecular weight excluding hydrogens is 618 g/mol. The molecule has 0 unspecified atom stereocenters. The van der Waals surface area contributed by atoms with Crippen LogP contribution in [0.2, 0.25) is 10.0 Å². The van der Waals surface area contributed by atoms with Crippen molar-refractivity contribution in [1.82, 2.24) is 20.9 Å². The second-order valence-electron chi connectivity index (χ2n) is 11.0. The van der Waals surface area contributed by atoms with Gasteiger partial charge in [-0.3, -0.25) is 14.4 Å². The van der Waals surface area contributed by atoms with E-state index < -0.39 is 35.8 Å². The molecule has 0 bridgehead atoms. The Morgan fingerprint density at radius 2 is 1.64 bits per heavy atom. The first-order valence-corrected chi connectivity index (χ1v) is 15.1. The largest absolute Gasteiger partial charge is 0.355 e. The summed E-state index contributed by atoms with van der Waals surface area (Å²) >= 11 is 12.5. The summed E-state index contributed by atoms with van der Waals surface area (Å²) in [7, 11) is 3.78. The molecule has 0 saturated carbocycles. The number of carbonyl (C=O) groups excluding carboxylic acids is 3. The molecule has 9 nitrogen and oxygen atoms in total. The van der Waals surface area contributed by atoms with E-state index in [0.717, 1.165) is 0 Å². The predicted octanol–water partition coefficient (Wildman–Crippen LogP) is 3.40. The highest BCUT2D eigenvalue weighted by Gasteiger charge is 2.28. The van der Waals surface area contributed by atoms with E-state index in [4.69, 9.17) is 28.9 Å². The lowest BCUT2D eigenvalue weighted by atomic mass is 9.99. The van der Waals surface area contributed by atoms with Gasteiger partial charge in [0.05, 0.1) is 17.7 Å². The minimum Gasteiger partial charge on any atom is -0.355 e. The first kappa shape index (κ1) is 35.5. The van der Waals surface area contributed by atoms with E-state index in [2.05, 4.69) is 22.0 Å². The average molecular weight is 656 g/mol. The van der Waals surface area contributed by atoms with Crippen LogP contribution in [0.3, 0.4) is 0 Å². The first-order chi connectivity index (χ1) is 21.4. The van der Waals surface area contributed by atoms with E-state index in [1.807, 2.05) is 19.0 Å². The monoisotopic (exact) mass is 654 g/mol. The zero-order valence-electron chi connectivity index (χ0n) is 25.2. The van der Waals surface area contributed by atoms with Crippen LogP contribution in [0, 0.1) is 17.1 Å². The van der Waals surface area contributed by atoms with Gasteiger partial charge < -0.3 is 26.6 Å². The van der Waals surface area contributed by atoms with E-state index in [1.165, 1.54) is 18.2 Å². The van der Waals surface area contributed by atoms with E-state index in [-0.39, 0.29) is 31.6 Å². The molecule has 0 aliphatic heterocycles. The topological polar surface area (TPSA) is 140 Å². The van der Waals surface area contributed by atoms with Gasteiger partial charge in [0.1, 0.15) is 11.9 Å². The molecule has 0 fully saturated rings. The summed E-state index contributed by atoms with van der Waals surface area (Å²) in [5.74, 6) is -1.85. The van der Waals surface area contributed by atoms with Crippen LogP contribution in [0.1, 0.15) is 28.7 Å². The number of nitrogens with zero attached hydrogens (tertiary/aromatic N) is 2. The summed E-state index contributed by atoms with van der Waals surface area (Å²) in [6.45, 7) is 1.05. The van der Waals surface area contributed by atoms with Crippen molar-refractivity contribution in [3.05, 3.63) is 105 Å². The smallest absolute Gasteiger partial charge is 0.243 e. The lowest BCUT2D eigenvalue weighted by molar-refractivity contribution is -0.130. The maximum atomic E-state index is 13.8. The number of halogens is 3. The van der Waals surface area contributed by atoms with Crippen LogP contribution >= 0.6 is 23.2 Å². The van der Waals surface area contributed by atoms with Crippen LogP contribution in [-0.2, 0) is 33.6 Å². The van der Waals surface area contributed by atoms with Crippen LogP contribution < -0.4 is 21.7 Å². The number of nitriles is 1. The maximum Gasteiger partial charge on any atom is 0.243 e. The van der Waals surface area contributed by atoms with Crippen molar-refractivity contribution >= 4 is 40.9 Å². The van der Waals surface area contributed by atoms with Gasteiger partial charge in [-0.15, -0.1) is 0 Å². The molecule has 0 aliphatic carbocycles. The number of nitrogens with two attached hydrogens (primary N) is 1. The summed E-state index contributed by atoms with van der Waals surface area (Å²) in [6, 6.07) is 16.6. The fourth-order valence-corrected chi connectivity index (χ4v) is 5.11. The minimum atomic E-state index is -1.12. The second-order valence-corrected chi connectivity index (χ2v) is 11.8.